The smallest absolute Gasteiger partial charge is 0.119 e. The Balaban J connectivity index is 1.28. The van der Waals surface area contributed by atoms with Gasteiger partial charge in [-0.05, 0) is 134 Å². The van der Waals surface area contributed by atoms with Crippen molar-refractivity contribution in [3.8, 4) is 69.4 Å². The predicted octanol–water partition coefficient (Wildman–Crippen LogP) is 16.5. The molecule has 0 saturated heterocycles. The number of ether oxygens (including phenoxy) is 6. The molecule has 0 atom stereocenters. The van der Waals surface area contributed by atoms with Gasteiger partial charge in [-0.25, -0.2) is 0 Å². The minimum atomic E-state index is 0.294. The molecule has 82 heavy (non-hydrogen) atoms. The van der Waals surface area contributed by atoms with Gasteiger partial charge in [0.05, 0.1) is 114 Å². The maximum absolute atomic E-state index is 13.0. The van der Waals surface area contributed by atoms with E-state index < -0.39 is 0 Å². The highest BCUT2D eigenvalue weighted by Gasteiger charge is 2.35. The van der Waals surface area contributed by atoms with Gasteiger partial charge in [-0.2, -0.15) is 10.5 Å². The van der Waals surface area contributed by atoms with E-state index in [9.17, 15) is 10.5 Å². The van der Waals surface area contributed by atoms with Gasteiger partial charge >= 0.3 is 0 Å². The predicted molar refractivity (Wildman–Crippen MR) is 330 cm³/mol. The quantitative estimate of drug-likeness (QED) is 0.133. The zero-order valence-electron chi connectivity index (χ0n) is 45.6. The molecule has 13 heteroatoms. The SMILES string of the molecule is COc1ccc2c(c1)c1cc(OC)ccc1n2-c1c(C#N)c(-n2c3ccc(OC)cc3c3cc(OC)ccc32)c(-n2c3ccc(C)cc3c3ccc4c5ccccc5sc4c32)c(C#N)c1-n1c2ccc(OC)cc2c2cc(OC)ccc21. The fourth-order valence-corrected chi connectivity index (χ4v) is 14.1. The van der Waals surface area contributed by atoms with Gasteiger partial charge < -0.3 is 46.7 Å². The van der Waals surface area contributed by atoms with E-state index in [1.165, 1.54) is 0 Å². The lowest BCUT2D eigenvalue weighted by atomic mass is 9.98. The van der Waals surface area contributed by atoms with E-state index >= 15 is 0 Å². The number of nitriles is 2. The Hall–Kier alpha value is -10.6. The number of aryl methyl sites for hydroxylation is 1. The molecule has 0 fully saturated rings. The summed E-state index contributed by atoms with van der Waals surface area (Å²) in [5.41, 5.74) is 10.1. The molecule has 0 unspecified atom stereocenters. The molecule has 0 aliphatic heterocycles. The van der Waals surface area contributed by atoms with E-state index in [2.05, 4.69) is 91.9 Å². The van der Waals surface area contributed by atoms with Gasteiger partial charge in [0.1, 0.15) is 57.8 Å². The van der Waals surface area contributed by atoms with Crippen LogP contribution >= 0.6 is 11.3 Å². The van der Waals surface area contributed by atoms with Gasteiger partial charge in [0, 0.05) is 58.6 Å². The minimum Gasteiger partial charge on any atom is -0.497 e. The molecule has 0 saturated carbocycles. The summed E-state index contributed by atoms with van der Waals surface area (Å²) in [6.07, 6.45) is 0. The Morgan fingerprint density at radius 3 is 1.01 bits per heavy atom. The average Bonchev–Trinajstić information content (AvgIpc) is 2.63. The standard InChI is InChI=1S/C69H48N6O6S/c1-37-12-21-62-47(28-37)45-19-20-46-44-10-8-9-11-63(44)82-69(46)68(45)75(62)67-55(36-71)65(73-58-24-15-40(78-4)31-50(58)51-32-41(79-5)16-25-59(51)73)64(72-56-22-13-38(76-2)29-48(56)49-30-39(77-3)14-23-57(49)72)54(35-70)66(67)74-60-26-17-42(80-6)33-52(60)53-34-43(81-7)18-27-61(53)74/h8-34H,1-7H3. The van der Waals surface area contributed by atoms with Crippen molar-refractivity contribution in [1.82, 2.24) is 18.3 Å². The number of benzene rings is 10. The van der Waals surface area contributed by atoms with Crippen molar-refractivity contribution in [2.45, 2.75) is 6.92 Å². The van der Waals surface area contributed by atoms with E-state index in [0.717, 1.165) is 113 Å². The van der Waals surface area contributed by atoms with Crippen LogP contribution in [0.15, 0.2) is 164 Å². The molecule has 0 radical (unpaired) electrons. The molecule has 15 rings (SSSR count). The first kappa shape index (κ1) is 48.5. The molecule has 15 aromatic rings. The monoisotopic (exact) mass is 1090 g/mol. The van der Waals surface area contributed by atoms with E-state index in [-0.39, 0.29) is 0 Å². The van der Waals surface area contributed by atoms with Crippen LogP contribution in [-0.4, -0.2) is 60.9 Å². The van der Waals surface area contributed by atoms with Crippen molar-refractivity contribution in [2.24, 2.45) is 0 Å². The second-order valence-corrected chi connectivity index (χ2v) is 21.5. The van der Waals surface area contributed by atoms with Gasteiger partial charge in [0.15, 0.2) is 0 Å². The van der Waals surface area contributed by atoms with Crippen molar-refractivity contribution in [3.05, 3.63) is 180 Å². The number of hydrogen-bond acceptors (Lipinski definition) is 9. The van der Waals surface area contributed by atoms with Crippen molar-refractivity contribution < 1.29 is 28.4 Å². The number of methoxy groups -OCH3 is 6. The summed E-state index contributed by atoms with van der Waals surface area (Å²) < 4.78 is 46.5. The molecule has 396 valence electrons. The molecule has 0 bridgehead atoms. The Bertz CT molecular complexity index is 5190. The normalized spacial score (nSPS) is 11.8. The largest absolute Gasteiger partial charge is 0.497 e. The number of nitrogens with zero attached hydrogens (tertiary/aromatic N) is 6. The summed E-state index contributed by atoms with van der Waals surface area (Å²) in [5, 5.41) is 35.3. The van der Waals surface area contributed by atoms with Crippen LogP contribution in [0.4, 0.5) is 0 Å². The average molecular weight is 1090 g/mol. The van der Waals surface area contributed by atoms with E-state index in [4.69, 9.17) is 28.4 Å². The van der Waals surface area contributed by atoms with E-state index in [1.54, 1.807) is 54.0 Å². The molecule has 12 nitrogen and oxygen atoms in total. The van der Waals surface area contributed by atoms with Crippen molar-refractivity contribution in [1.29, 1.82) is 10.5 Å². The topological polar surface area (TPSA) is 123 Å². The second kappa shape index (κ2) is 18.2. The fraction of sp³-hybridized carbons (Fsp3) is 0.101. The fourth-order valence-electron chi connectivity index (χ4n) is 12.8. The van der Waals surface area contributed by atoms with Crippen LogP contribution in [0, 0.1) is 29.6 Å². The van der Waals surface area contributed by atoms with E-state index in [1.807, 2.05) is 109 Å². The molecular weight excluding hydrogens is 1040 g/mol. The van der Waals surface area contributed by atoms with Gasteiger partial charge in [-0.1, -0.05) is 42.0 Å². The maximum atomic E-state index is 13.0. The van der Waals surface area contributed by atoms with Gasteiger partial charge in [0.25, 0.3) is 0 Å². The minimum absolute atomic E-state index is 0.294. The summed E-state index contributed by atoms with van der Waals surface area (Å²) in [5.74, 6) is 3.93. The zero-order chi connectivity index (χ0) is 55.8. The van der Waals surface area contributed by atoms with Gasteiger partial charge in [0.2, 0.25) is 0 Å². The Morgan fingerprint density at radius 1 is 0.329 bits per heavy atom. The summed E-state index contributed by atoms with van der Waals surface area (Å²) in [4.78, 5) is 0. The van der Waals surface area contributed by atoms with Crippen LogP contribution in [0.3, 0.4) is 0 Å². The Kier molecular flexibility index (Phi) is 10.8. The third-order valence-corrected chi connectivity index (χ3v) is 17.7. The first-order valence-electron chi connectivity index (χ1n) is 26.6. The van der Waals surface area contributed by atoms with Gasteiger partial charge in [-0.3, -0.25) is 0 Å². The number of fused-ring (bicyclic) bond motifs is 16. The van der Waals surface area contributed by atoms with Crippen LogP contribution in [-0.2, 0) is 0 Å². The van der Waals surface area contributed by atoms with Crippen molar-refractivity contribution >= 4 is 119 Å². The molecule has 0 aliphatic rings. The van der Waals surface area contributed by atoms with Crippen LogP contribution in [0.5, 0.6) is 34.5 Å². The van der Waals surface area contributed by atoms with Gasteiger partial charge in [-0.15, -0.1) is 11.3 Å². The second-order valence-electron chi connectivity index (χ2n) is 20.5. The molecule has 0 aliphatic carbocycles. The molecular formula is C69H48N6O6S. The third-order valence-electron chi connectivity index (χ3n) is 16.5. The van der Waals surface area contributed by atoms with Crippen LogP contribution < -0.4 is 28.4 Å². The highest BCUT2D eigenvalue weighted by atomic mass is 32.1. The lowest BCUT2D eigenvalue weighted by molar-refractivity contribution is 0.415. The zero-order valence-corrected chi connectivity index (χ0v) is 46.4. The van der Waals surface area contributed by atoms with Crippen LogP contribution in [0.2, 0.25) is 0 Å². The molecule has 10 aromatic carbocycles. The summed E-state index contributed by atoms with van der Waals surface area (Å²) >= 11 is 1.73. The first-order chi connectivity index (χ1) is 40.2. The first-order valence-corrected chi connectivity index (χ1v) is 27.4. The van der Waals surface area contributed by atoms with E-state index in [0.29, 0.717) is 68.4 Å². The molecule has 0 N–H and O–H groups in total. The number of aromatic nitrogens is 4. The van der Waals surface area contributed by atoms with Crippen molar-refractivity contribution in [2.75, 3.05) is 42.7 Å². The summed E-state index contributed by atoms with van der Waals surface area (Å²) in [7, 11) is 9.95. The lowest BCUT2D eigenvalue weighted by Crippen LogP contribution is -2.16. The highest BCUT2D eigenvalue weighted by Crippen LogP contribution is 2.52. The van der Waals surface area contributed by atoms with Crippen LogP contribution in [0.1, 0.15) is 16.7 Å². The molecule has 5 aromatic heterocycles. The van der Waals surface area contributed by atoms with Crippen molar-refractivity contribution in [3.63, 3.8) is 0 Å². The summed E-state index contributed by atoms with van der Waals surface area (Å²) in [6, 6.07) is 61.3. The number of hydrogen-bond donors (Lipinski definition) is 0. The molecule has 5 heterocycles. The Morgan fingerprint density at radius 2 is 0.646 bits per heavy atom. The number of thiophene rings is 1. The Labute approximate surface area is 473 Å². The lowest BCUT2D eigenvalue weighted by Gasteiger charge is -2.27. The highest BCUT2D eigenvalue weighted by molar-refractivity contribution is 7.26. The summed E-state index contributed by atoms with van der Waals surface area (Å²) in [6.45, 7) is 2.11. The maximum Gasteiger partial charge on any atom is 0.119 e. The number of rotatable bonds is 10. The molecule has 0 amide bonds. The van der Waals surface area contributed by atoms with Crippen LogP contribution in [0.25, 0.3) is 130 Å². The molecule has 0 spiro atoms. The third kappa shape index (κ3) is 6.68.